The van der Waals surface area contributed by atoms with Gasteiger partial charge in [0.2, 0.25) is 5.95 Å². The molecule has 1 aliphatic rings. The van der Waals surface area contributed by atoms with Gasteiger partial charge in [0, 0.05) is 54.7 Å². The summed E-state index contributed by atoms with van der Waals surface area (Å²) in [6.07, 6.45) is 3.56. The van der Waals surface area contributed by atoms with Gasteiger partial charge in [0.1, 0.15) is 0 Å². The van der Waals surface area contributed by atoms with Crippen molar-refractivity contribution in [3.8, 4) is 22.4 Å². The fourth-order valence-corrected chi connectivity index (χ4v) is 3.91. The van der Waals surface area contributed by atoms with E-state index < -0.39 is 0 Å². The Morgan fingerprint density at radius 2 is 1.35 bits per heavy atom. The summed E-state index contributed by atoms with van der Waals surface area (Å²) in [7, 11) is 0. The van der Waals surface area contributed by atoms with E-state index >= 15 is 0 Å². The Labute approximate surface area is 186 Å². The Morgan fingerprint density at radius 3 is 2.06 bits per heavy atom. The fraction of sp³-hybridized carbons (Fsp3) is 0.167. The van der Waals surface area contributed by atoms with E-state index in [1.54, 1.807) is 12.4 Å². The van der Waals surface area contributed by atoms with Crippen molar-refractivity contribution in [2.24, 2.45) is 0 Å². The van der Waals surface area contributed by atoms with Gasteiger partial charge in [-0.1, -0.05) is 54.1 Å². The van der Waals surface area contributed by atoms with E-state index in [1.165, 1.54) is 0 Å². The van der Waals surface area contributed by atoms with Crippen LogP contribution in [0.2, 0.25) is 5.02 Å². The molecular weight excluding hydrogens is 408 g/mol. The Kier molecular flexibility index (Phi) is 5.46. The van der Waals surface area contributed by atoms with Gasteiger partial charge in [0.25, 0.3) is 0 Å². The zero-order valence-corrected chi connectivity index (χ0v) is 17.7. The highest BCUT2D eigenvalue weighted by Crippen LogP contribution is 2.33. The summed E-state index contributed by atoms with van der Waals surface area (Å²) in [4.78, 5) is 13.2. The first-order valence-electron chi connectivity index (χ1n) is 10.2. The summed E-state index contributed by atoms with van der Waals surface area (Å²) in [6.45, 7) is 3.29. The molecule has 0 unspecified atom stereocenters. The molecule has 0 amide bonds. The number of hydrogen-bond donors (Lipinski definition) is 0. The van der Waals surface area contributed by atoms with E-state index in [1.807, 2.05) is 60.7 Å². The highest BCUT2D eigenvalue weighted by Gasteiger charge is 2.23. The maximum Gasteiger partial charge on any atom is 0.225 e. The van der Waals surface area contributed by atoms with E-state index in [4.69, 9.17) is 11.6 Å². The second-order valence-corrected chi connectivity index (χ2v) is 7.80. The summed E-state index contributed by atoms with van der Waals surface area (Å²) in [6, 6.07) is 22.0. The number of hydrogen-bond acceptors (Lipinski definition) is 6. The predicted octanol–water partition coefficient (Wildman–Crippen LogP) is 4.58. The zero-order chi connectivity index (χ0) is 21.0. The third kappa shape index (κ3) is 4.20. The molecule has 1 saturated heterocycles. The molecule has 0 spiro atoms. The molecule has 3 heterocycles. The molecule has 7 heteroatoms. The van der Waals surface area contributed by atoms with Gasteiger partial charge in [-0.05, 0) is 29.8 Å². The second-order valence-electron chi connectivity index (χ2n) is 7.36. The van der Waals surface area contributed by atoms with E-state index in [9.17, 15) is 0 Å². The van der Waals surface area contributed by atoms with Gasteiger partial charge < -0.3 is 9.80 Å². The lowest BCUT2D eigenvalue weighted by Crippen LogP contribution is -2.47. The van der Waals surface area contributed by atoms with Gasteiger partial charge in [0.15, 0.2) is 5.82 Å². The van der Waals surface area contributed by atoms with Gasteiger partial charge in [0.05, 0.1) is 5.69 Å². The van der Waals surface area contributed by atoms with Crippen molar-refractivity contribution >= 4 is 23.4 Å². The highest BCUT2D eigenvalue weighted by molar-refractivity contribution is 6.30. The number of nitrogens with zero attached hydrogens (tertiary/aromatic N) is 6. The summed E-state index contributed by atoms with van der Waals surface area (Å²) in [5.74, 6) is 1.65. The van der Waals surface area contributed by atoms with Crippen molar-refractivity contribution in [3.05, 3.63) is 84.1 Å². The molecule has 0 saturated carbocycles. The number of anilines is 2. The van der Waals surface area contributed by atoms with Crippen LogP contribution in [-0.4, -0.2) is 46.3 Å². The molecule has 0 radical (unpaired) electrons. The normalized spacial score (nSPS) is 14.0. The highest BCUT2D eigenvalue weighted by atomic mass is 35.5. The molecular formula is C24H21ClN6. The van der Waals surface area contributed by atoms with Gasteiger partial charge in [-0.2, -0.15) is 0 Å². The maximum atomic E-state index is 6.13. The van der Waals surface area contributed by atoms with Crippen LogP contribution in [0.3, 0.4) is 0 Å². The fourth-order valence-electron chi connectivity index (χ4n) is 3.78. The van der Waals surface area contributed by atoms with E-state index in [2.05, 4.69) is 36.0 Å². The van der Waals surface area contributed by atoms with Crippen molar-refractivity contribution in [1.82, 2.24) is 20.2 Å². The Morgan fingerprint density at radius 1 is 0.677 bits per heavy atom. The second kappa shape index (κ2) is 8.70. The molecule has 31 heavy (non-hydrogen) atoms. The summed E-state index contributed by atoms with van der Waals surface area (Å²) < 4.78 is 0. The third-order valence-electron chi connectivity index (χ3n) is 5.41. The molecule has 0 N–H and O–H groups in total. The summed E-state index contributed by atoms with van der Waals surface area (Å²) in [5.41, 5.74) is 4.02. The predicted molar refractivity (Wildman–Crippen MR) is 124 cm³/mol. The van der Waals surface area contributed by atoms with E-state index in [0.717, 1.165) is 60.3 Å². The van der Waals surface area contributed by atoms with Crippen LogP contribution in [0.15, 0.2) is 79.1 Å². The molecule has 1 aliphatic heterocycles. The largest absolute Gasteiger partial charge is 0.351 e. The lowest BCUT2D eigenvalue weighted by molar-refractivity contribution is 0.632. The van der Waals surface area contributed by atoms with Crippen molar-refractivity contribution in [2.45, 2.75) is 0 Å². The van der Waals surface area contributed by atoms with Crippen LogP contribution in [0.25, 0.3) is 22.4 Å². The molecule has 2 aromatic carbocycles. The number of halogens is 1. The molecule has 1 fully saturated rings. The average molecular weight is 429 g/mol. The average Bonchev–Trinajstić information content (AvgIpc) is 2.85. The lowest BCUT2D eigenvalue weighted by Gasteiger charge is -2.36. The standard InChI is InChI=1S/C24H21ClN6/c25-20-9-7-18(8-10-20)21-17-22(19-5-2-1-3-6-19)28-29-23(21)30-13-15-31(16-14-30)24-26-11-4-12-27-24/h1-12,17H,13-16H2. The topological polar surface area (TPSA) is 58.0 Å². The van der Waals surface area contributed by atoms with Gasteiger partial charge >= 0.3 is 0 Å². The Bertz CT molecular complexity index is 1140. The zero-order valence-electron chi connectivity index (χ0n) is 16.9. The van der Waals surface area contributed by atoms with Gasteiger partial charge in [-0.3, -0.25) is 0 Å². The monoisotopic (exact) mass is 428 g/mol. The van der Waals surface area contributed by atoms with Crippen LogP contribution in [0.4, 0.5) is 11.8 Å². The van der Waals surface area contributed by atoms with E-state index in [-0.39, 0.29) is 0 Å². The first kappa shape index (κ1) is 19.5. The molecule has 4 aromatic rings. The van der Waals surface area contributed by atoms with Crippen molar-refractivity contribution in [3.63, 3.8) is 0 Å². The number of aromatic nitrogens is 4. The molecule has 0 bridgehead atoms. The van der Waals surface area contributed by atoms with Crippen molar-refractivity contribution in [1.29, 1.82) is 0 Å². The minimum absolute atomic E-state index is 0.715. The number of piperazine rings is 1. The first-order chi connectivity index (χ1) is 15.3. The van der Waals surface area contributed by atoms with Crippen LogP contribution in [0.1, 0.15) is 0 Å². The maximum absolute atomic E-state index is 6.13. The molecule has 154 valence electrons. The molecule has 5 rings (SSSR count). The van der Waals surface area contributed by atoms with Crippen LogP contribution in [0, 0.1) is 0 Å². The molecule has 0 atom stereocenters. The van der Waals surface area contributed by atoms with Crippen LogP contribution in [-0.2, 0) is 0 Å². The Hall–Kier alpha value is -3.51. The van der Waals surface area contributed by atoms with Crippen LogP contribution < -0.4 is 9.80 Å². The Balaban J connectivity index is 1.47. The summed E-state index contributed by atoms with van der Waals surface area (Å²) >= 11 is 6.13. The van der Waals surface area contributed by atoms with Gasteiger partial charge in [-0.15, -0.1) is 10.2 Å². The van der Waals surface area contributed by atoms with Crippen LogP contribution >= 0.6 is 11.6 Å². The molecule has 0 aliphatic carbocycles. The van der Waals surface area contributed by atoms with Gasteiger partial charge in [-0.25, -0.2) is 9.97 Å². The minimum Gasteiger partial charge on any atom is -0.351 e. The minimum atomic E-state index is 0.715. The quantitative estimate of drug-likeness (QED) is 0.474. The third-order valence-corrected chi connectivity index (χ3v) is 5.67. The number of benzene rings is 2. The van der Waals surface area contributed by atoms with Crippen molar-refractivity contribution < 1.29 is 0 Å². The van der Waals surface area contributed by atoms with Crippen molar-refractivity contribution in [2.75, 3.05) is 36.0 Å². The van der Waals surface area contributed by atoms with E-state index in [0.29, 0.717) is 5.02 Å². The van der Waals surface area contributed by atoms with Crippen LogP contribution in [0.5, 0.6) is 0 Å². The molecule has 2 aromatic heterocycles. The smallest absolute Gasteiger partial charge is 0.225 e. The summed E-state index contributed by atoms with van der Waals surface area (Å²) in [5, 5.41) is 9.93. The first-order valence-corrected chi connectivity index (χ1v) is 10.6. The number of rotatable bonds is 4. The lowest BCUT2D eigenvalue weighted by atomic mass is 10.0. The SMILES string of the molecule is Clc1ccc(-c2cc(-c3ccccc3)nnc2N2CCN(c3ncccn3)CC2)cc1. The molecule has 6 nitrogen and oxygen atoms in total.